The van der Waals surface area contributed by atoms with Gasteiger partial charge >= 0.3 is 0 Å². The molecular formula is C12H10N4OS. The summed E-state index contributed by atoms with van der Waals surface area (Å²) in [4.78, 5) is 9.64. The predicted molar refractivity (Wildman–Crippen MR) is 69.5 cm³/mol. The number of H-pyrrole nitrogens is 1. The number of rotatable bonds is 3. The van der Waals surface area contributed by atoms with Crippen molar-refractivity contribution in [1.82, 2.24) is 20.2 Å². The molecule has 0 unspecified atom stereocenters. The van der Waals surface area contributed by atoms with Gasteiger partial charge in [-0.2, -0.15) is 5.10 Å². The van der Waals surface area contributed by atoms with Crippen LogP contribution in [0, 0.1) is 0 Å². The summed E-state index contributed by atoms with van der Waals surface area (Å²) in [6.45, 7) is 0. The fourth-order valence-electron chi connectivity index (χ4n) is 1.63. The second-order valence-corrected chi connectivity index (χ2v) is 4.49. The van der Waals surface area contributed by atoms with Crippen LogP contribution in [0.2, 0.25) is 0 Å². The van der Waals surface area contributed by atoms with Crippen LogP contribution in [0.5, 0.6) is 5.88 Å². The zero-order chi connectivity index (χ0) is 12.4. The predicted octanol–water partition coefficient (Wildman–Crippen LogP) is 2.60. The molecule has 0 aliphatic heterocycles. The Morgan fingerprint density at radius 1 is 1.28 bits per heavy atom. The molecule has 3 aromatic heterocycles. The van der Waals surface area contributed by atoms with E-state index in [0.29, 0.717) is 11.7 Å². The first-order valence-electron chi connectivity index (χ1n) is 5.34. The number of thiophene rings is 1. The van der Waals surface area contributed by atoms with Crippen LogP contribution in [0.3, 0.4) is 0 Å². The molecule has 0 spiro atoms. The molecule has 1 N–H and O–H groups in total. The third-order valence-corrected chi connectivity index (χ3v) is 3.32. The Labute approximate surface area is 108 Å². The molecule has 5 nitrogen and oxygen atoms in total. The molecule has 3 aromatic rings. The third-order valence-electron chi connectivity index (χ3n) is 2.45. The van der Waals surface area contributed by atoms with E-state index in [1.54, 1.807) is 24.6 Å². The van der Waals surface area contributed by atoms with Crippen molar-refractivity contribution in [2.24, 2.45) is 0 Å². The summed E-state index contributed by atoms with van der Waals surface area (Å²) < 4.78 is 5.20. The first-order chi connectivity index (χ1) is 8.88. The maximum atomic E-state index is 5.20. The van der Waals surface area contributed by atoms with E-state index in [1.807, 2.05) is 29.6 Å². The molecule has 0 amide bonds. The number of hydrogen-bond donors (Lipinski definition) is 1. The summed E-state index contributed by atoms with van der Waals surface area (Å²) in [5.41, 5.74) is 0.777. The molecule has 0 saturated heterocycles. The average molecular weight is 258 g/mol. The molecule has 0 radical (unpaired) electrons. The monoisotopic (exact) mass is 258 g/mol. The van der Waals surface area contributed by atoms with Gasteiger partial charge in [0.25, 0.3) is 0 Å². The molecule has 0 aromatic carbocycles. The summed E-state index contributed by atoms with van der Waals surface area (Å²) in [6, 6.07) is 7.69. The Morgan fingerprint density at radius 2 is 2.22 bits per heavy atom. The number of methoxy groups -OCH3 is 1. The molecule has 0 fully saturated rings. The van der Waals surface area contributed by atoms with Crippen LogP contribution >= 0.6 is 11.3 Å². The zero-order valence-corrected chi connectivity index (χ0v) is 10.4. The van der Waals surface area contributed by atoms with E-state index in [1.165, 1.54) is 0 Å². The highest BCUT2D eigenvalue weighted by molar-refractivity contribution is 7.13. The standard InChI is InChI=1S/C12H10N4OS/c1-17-12-8(4-2-6-13-12)10-14-11(16-15-10)9-5-3-7-18-9/h2-7H,1H3,(H,14,15,16). The van der Waals surface area contributed by atoms with Crippen molar-refractivity contribution in [1.29, 1.82) is 0 Å². The summed E-state index contributed by atoms with van der Waals surface area (Å²) in [5, 5.41) is 9.13. The van der Waals surface area contributed by atoms with Crippen molar-refractivity contribution in [2.45, 2.75) is 0 Å². The number of aromatic amines is 1. The van der Waals surface area contributed by atoms with E-state index in [-0.39, 0.29) is 0 Å². The average Bonchev–Trinajstić information content (AvgIpc) is 3.09. The number of nitrogens with zero attached hydrogens (tertiary/aromatic N) is 3. The van der Waals surface area contributed by atoms with E-state index in [9.17, 15) is 0 Å². The zero-order valence-electron chi connectivity index (χ0n) is 9.62. The Bertz CT molecular complexity index is 648. The van der Waals surface area contributed by atoms with Crippen LogP contribution in [0.4, 0.5) is 0 Å². The fourth-order valence-corrected chi connectivity index (χ4v) is 2.29. The third kappa shape index (κ3) is 1.86. The van der Waals surface area contributed by atoms with E-state index in [2.05, 4.69) is 20.2 Å². The van der Waals surface area contributed by atoms with E-state index in [4.69, 9.17) is 4.74 Å². The normalized spacial score (nSPS) is 10.5. The summed E-state index contributed by atoms with van der Waals surface area (Å²) in [6.07, 6.45) is 1.68. The molecule has 3 rings (SSSR count). The highest BCUT2D eigenvalue weighted by Gasteiger charge is 2.12. The van der Waals surface area contributed by atoms with Gasteiger partial charge in [0.05, 0.1) is 17.6 Å². The van der Waals surface area contributed by atoms with Gasteiger partial charge < -0.3 is 4.74 Å². The first-order valence-corrected chi connectivity index (χ1v) is 6.22. The number of ether oxygens (including phenoxy) is 1. The molecule has 6 heteroatoms. The lowest BCUT2D eigenvalue weighted by Gasteiger charge is -2.01. The van der Waals surface area contributed by atoms with Crippen LogP contribution < -0.4 is 4.74 Å². The number of pyridine rings is 1. The minimum absolute atomic E-state index is 0.522. The lowest BCUT2D eigenvalue weighted by molar-refractivity contribution is 0.399. The highest BCUT2D eigenvalue weighted by atomic mass is 32.1. The second kappa shape index (κ2) is 4.58. The number of hydrogen-bond acceptors (Lipinski definition) is 5. The van der Waals surface area contributed by atoms with Gasteiger partial charge in [0.2, 0.25) is 5.88 Å². The van der Waals surface area contributed by atoms with E-state index >= 15 is 0 Å². The van der Waals surface area contributed by atoms with Crippen molar-refractivity contribution in [3.63, 3.8) is 0 Å². The molecule has 0 bridgehead atoms. The highest BCUT2D eigenvalue weighted by Crippen LogP contribution is 2.27. The van der Waals surface area contributed by atoms with Gasteiger partial charge in [-0.3, -0.25) is 5.10 Å². The SMILES string of the molecule is COc1ncccc1-c1n[nH]c(-c2cccs2)n1. The second-order valence-electron chi connectivity index (χ2n) is 3.55. The number of aromatic nitrogens is 4. The van der Waals surface area contributed by atoms with Gasteiger partial charge in [-0.1, -0.05) is 6.07 Å². The molecule has 0 saturated carbocycles. The van der Waals surface area contributed by atoms with Gasteiger partial charge in [0, 0.05) is 6.20 Å². The minimum Gasteiger partial charge on any atom is -0.480 e. The molecule has 90 valence electrons. The molecule has 0 atom stereocenters. The van der Waals surface area contributed by atoms with Crippen LogP contribution in [0.25, 0.3) is 22.1 Å². The molecule has 0 aliphatic rings. The number of nitrogens with one attached hydrogen (secondary N) is 1. The van der Waals surface area contributed by atoms with Crippen molar-refractivity contribution in [3.8, 4) is 28.0 Å². The maximum Gasteiger partial charge on any atom is 0.224 e. The smallest absolute Gasteiger partial charge is 0.224 e. The van der Waals surface area contributed by atoms with Crippen molar-refractivity contribution < 1.29 is 4.74 Å². The maximum absolute atomic E-state index is 5.20. The van der Waals surface area contributed by atoms with Crippen molar-refractivity contribution in [3.05, 3.63) is 35.8 Å². The summed E-state index contributed by atoms with van der Waals surface area (Å²) >= 11 is 1.61. The van der Waals surface area contributed by atoms with E-state index < -0.39 is 0 Å². The fraction of sp³-hybridized carbons (Fsp3) is 0.0833. The van der Waals surface area contributed by atoms with Gasteiger partial charge in [-0.05, 0) is 23.6 Å². The Hall–Kier alpha value is -2.21. The summed E-state index contributed by atoms with van der Waals surface area (Å²) in [5.74, 6) is 1.86. The minimum atomic E-state index is 0.522. The molecule has 0 aliphatic carbocycles. The lowest BCUT2D eigenvalue weighted by atomic mass is 10.2. The van der Waals surface area contributed by atoms with E-state index in [0.717, 1.165) is 16.3 Å². The van der Waals surface area contributed by atoms with Gasteiger partial charge in [0.15, 0.2) is 11.6 Å². The molecule has 18 heavy (non-hydrogen) atoms. The summed E-state index contributed by atoms with van der Waals surface area (Å²) in [7, 11) is 1.58. The Kier molecular flexibility index (Phi) is 2.77. The van der Waals surface area contributed by atoms with Crippen LogP contribution in [0.1, 0.15) is 0 Å². The quantitative estimate of drug-likeness (QED) is 0.784. The van der Waals surface area contributed by atoms with Crippen molar-refractivity contribution in [2.75, 3.05) is 7.11 Å². The molecule has 3 heterocycles. The van der Waals surface area contributed by atoms with Gasteiger partial charge in [0.1, 0.15) is 0 Å². The molecular weight excluding hydrogens is 248 g/mol. The largest absolute Gasteiger partial charge is 0.480 e. The van der Waals surface area contributed by atoms with Crippen LogP contribution in [-0.2, 0) is 0 Å². The van der Waals surface area contributed by atoms with Crippen LogP contribution in [0.15, 0.2) is 35.8 Å². The first kappa shape index (κ1) is 10.9. The van der Waals surface area contributed by atoms with Gasteiger partial charge in [-0.25, -0.2) is 9.97 Å². The Morgan fingerprint density at radius 3 is 3.00 bits per heavy atom. The van der Waals surface area contributed by atoms with Gasteiger partial charge in [-0.15, -0.1) is 11.3 Å². The lowest BCUT2D eigenvalue weighted by Crippen LogP contribution is -1.91. The van der Waals surface area contributed by atoms with Crippen LogP contribution in [-0.4, -0.2) is 27.3 Å². The Balaban J connectivity index is 2.03. The van der Waals surface area contributed by atoms with Crippen molar-refractivity contribution >= 4 is 11.3 Å². The topological polar surface area (TPSA) is 63.7 Å².